The van der Waals surface area contributed by atoms with Gasteiger partial charge in [0.1, 0.15) is 5.82 Å². The molecular formula is C13H22N4. The van der Waals surface area contributed by atoms with E-state index in [4.69, 9.17) is 0 Å². The van der Waals surface area contributed by atoms with Gasteiger partial charge >= 0.3 is 0 Å². The number of piperidine rings is 1. The molecule has 2 rings (SSSR count). The molecule has 1 N–H and O–H groups in total. The van der Waals surface area contributed by atoms with Crippen molar-refractivity contribution in [3.63, 3.8) is 0 Å². The van der Waals surface area contributed by atoms with Crippen LogP contribution in [0.1, 0.15) is 26.2 Å². The average Bonchev–Trinajstić information content (AvgIpc) is 2.40. The minimum absolute atomic E-state index is 0.748. The fourth-order valence-corrected chi connectivity index (χ4v) is 2.42. The van der Waals surface area contributed by atoms with E-state index in [9.17, 15) is 0 Å². The van der Waals surface area contributed by atoms with Crippen molar-refractivity contribution in [2.45, 2.75) is 26.2 Å². The molecule has 0 aliphatic carbocycles. The summed E-state index contributed by atoms with van der Waals surface area (Å²) in [5, 5.41) is 3.47. The van der Waals surface area contributed by atoms with E-state index in [2.05, 4.69) is 27.1 Å². The molecule has 1 aromatic heterocycles. The molecule has 1 aromatic rings. The van der Waals surface area contributed by atoms with Gasteiger partial charge in [0, 0.05) is 25.5 Å². The molecule has 0 radical (unpaired) electrons. The van der Waals surface area contributed by atoms with Crippen molar-refractivity contribution >= 4 is 5.82 Å². The lowest BCUT2D eigenvalue weighted by atomic mass is 9.99. The maximum atomic E-state index is 4.41. The minimum atomic E-state index is 0.748. The number of nitrogens with zero attached hydrogens (tertiary/aromatic N) is 3. The predicted molar refractivity (Wildman–Crippen MR) is 70.1 cm³/mol. The third kappa shape index (κ3) is 3.66. The highest BCUT2D eigenvalue weighted by Gasteiger charge is 2.17. The Labute approximate surface area is 103 Å². The van der Waals surface area contributed by atoms with Gasteiger partial charge in [-0.15, -0.1) is 0 Å². The average molecular weight is 234 g/mol. The van der Waals surface area contributed by atoms with E-state index in [1.54, 1.807) is 12.4 Å². The van der Waals surface area contributed by atoms with Gasteiger partial charge in [-0.1, -0.05) is 6.92 Å². The van der Waals surface area contributed by atoms with E-state index in [0.717, 1.165) is 37.8 Å². The molecular weight excluding hydrogens is 212 g/mol. The molecule has 4 heteroatoms. The summed E-state index contributed by atoms with van der Waals surface area (Å²) in [6.07, 6.45) is 9.15. The van der Waals surface area contributed by atoms with Crippen molar-refractivity contribution in [3.8, 4) is 0 Å². The van der Waals surface area contributed by atoms with Gasteiger partial charge in [-0.2, -0.15) is 0 Å². The summed E-state index contributed by atoms with van der Waals surface area (Å²) in [4.78, 5) is 10.9. The fourth-order valence-electron chi connectivity index (χ4n) is 2.42. The number of aromatic nitrogens is 2. The second kappa shape index (κ2) is 6.55. The number of hydrogen-bond donors (Lipinski definition) is 1. The molecule has 94 valence electrons. The number of nitrogens with one attached hydrogen (secondary N) is 1. The normalized spacial score (nSPS) is 20.2. The Bertz CT molecular complexity index is 308. The second-order valence-corrected chi connectivity index (χ2v) is 4.72. The predicted octanol–water partition coefficient (Wildman–Crippen LogP) is 1.69. The molecule has 4 nitrogen and oxygen atoms in total. The highest BCUT2D eigenvalue weighted by Crippen LogP contribution is 2.16. The van der Waals surface area contributed by atoms with E-state index >= 15 is 0 Å². The van der Waals surface area contributed by atoms with Crippen LogP contribution in [0.25, 0.3) is 0 Å². The van der Waals surface area contributed by atoms with Gasteiger partial charge in [0.25, 0.3) is 0 Å². The Morgan fingerprint density at radius 3 is 3.06 bits per heavy atom. The molecule has 0 spiro atoms. The van der Waals surface area contributed by atoms with Gasteiger partial charge in [-0.05, 0) is 38.3 Å². The monoisotopic (exact) mass is 234 g/mol. The molecule has 0 saturated carbocycles. The maximum absolute atomic E-state index is 4.41. The minimum Gasteiger partial charge on any atom is -0.355 e. The van der Waals surface area contributed by atoms with Crippen LogP contribution >= 0.6 is 0 Å². The Hall–Kier alpha value is -1.16. The topological polar surface area (TPSA) is 41.0 Å². The second-order valence-electron chi connectivity index (χ2n) is 4.72. The smallest absolute Gasteiger partial charge is 0.147 e. The van der Waals surface area contributed by atoms with E-state index in [0.29, 0.717) is 0 Å². The van der Waals surface area contributed by atoms with E-state index in [1.807, 2.05) is 6.20 Å². The largest absolute Gasteiger partial charge is 0.355 e. The molecule has 17 heavy (non-hydrogen) atoms. The molecule has 0 amide bonds. The van der Waals surface area contributed by atoms with Crippen molar-refractivity contribution in [1.29, 1.82) is 0 Å². The van der Waals surface area contributed by atoms with Gasteiger partial charge < -0.3 is 10.2 Å². The molecule has 1 fully saturated rings. The molecule has 0 aromatic carbocycles. The molecule has 1 aliphatic heterocycles. The summed E-state index contributed by atoms with van der Waals surface area (Å²) in [5.74, 6) is 1.76. The lowest BCUT2D eigenvalue weighted by Gasteiger charge is -2.30. The zero-order chi connectivity index (χ0) is 11.9. The first-order chi connectivity index (χ1) is 8.40. The zero-order valence-electron chi connectivity index (χ0n) is 10.6. The first-order valence-corrected chi connectivity index (χ1v) is 6.62. The van der Waals surface area contributed by atoms with Crippen LogP contribution in [0.2, 0.25) is 0 Å². The van der Waals surface area contributed by atoms with Gasteiger partial charge in [0.15, 0.2) is 0 Å². The summed E-state index contributed by atoms with van der Waals surface area (Å²) in [5.41, 5.74) is 0. The summed E-state index contributed by atoms with van der Waals surface area (Å²) in [7, 11) is 0. The van der Waals surface area contributed by atoms with Crippen molar-refractivity contribution in [1.82, 2.24) is 15.3 Å². The van der Waals surface area contributed by atoms with Crippen molar-refractivity contribution in [2.24, 2.45) is 5.92 Å². The SMILES string of the molecule is CCCN(CC1CCCNC1)c1cnccn1. The lowest BCUT2D eigenvalue weighted by Crippen LogP contribution is -2.39. The van der Waals surface area contributed by atoms with Crippen LogP contribution in [-0.2, 0) is 0 Å². The third-order valence-electron chi connectivity index (χ3n) is 3.24. The van der Waals surface area contributed by atoms with Crippen molar-refractivity contribution < 1.29 is 0 Å². The van der Waals surface area contributed by atoms with E-state index in [-0.39, 0.29) is 0 Å². The van der Waals surface area contributed by atoms with Crippen molar-refractivity contribution in [3.05, 3.63) is 18.6 Å². The highest BCUT2D eigenvalue weighted by atomic mass is 15.2. The molecule has 1 aliphatic rings. The van der Waals surface area contributed by atoms with Crippen molar-refractivity contribution in [2.75, 3.05) is 31.1 Å². The van der Waals surface area contributed by atoms with Crippen LogP contribution in [0.3, 0.4) is 0 Å². The summed E-state index contributed by atoms with van der Waals surface area (Å²) in [6, 6.07) is 0. The molecule has 1 atom stereocenters. The Morgan fingerprint density at radius 2 is 2.41 bits per heavy atom. The van der Waals surface area contributed by atoms with Gasteiger partial charge in [0.2, 0.25) is 0 Å². The summed E-state index contributed by atoms with van der Waals surface area (Å²) in [6.45, 7) is 6.69. The fraction of sp³-hybridized carbons (Fsp3) is 0.692. The zero-order valence-corrected chi connectivity index (χ0v) is 10.6. The molecule has 0 bridgehead atoms. The van der Waals surface area contributed by atoms with Crippen LogP contribution in [0.4, 0.5) is 5.82 Å². The van der Waals surface area contributed by atoms with Crippen LogP contribution in [0, 0.1) is 5.92 Å². The summed E-state index contributed by atoms with van der Waals surface area (Å²) < 4.78 is 0. The van der Waals surface area contributed by atoms with Crippen LogP contribution in [0.5, 0.6) is 0 Å². The van der Waals surface area contributed by atoms with Gasteiger partial charge in [-0.3, -0.25) is 4.98 Å². The van der Waals surface area contributed by atoms with Crippen LogP contribution in [0.15, 0.2) is 18.6 Å². The Morgan fingerprint density at radius 1 is 1.47 bits per heavy atom. The maximum Gasteiger partial charge on any atom is 0.147 e. The molecule has 1 saturated heterocycles. The number of anilines is 1. The third-order valence-corrected chi connectivity index (χ3v) is 3.24. The van der Waals surface area contributed by atoms with Crippen LogP contribution < -0.4 is 10.2 Å². The van der Waals surface area contributed by atoms with E-state index < -0.39 is 0 Å². The Balaban J connectivity index is 1.96. The van der Waals surface area contributed by atoms with E-state index in [1.165, 1.54) is 19.4 Å². The standard InChI is InChI=1S/C13H22N4/c1-2-8-17(13-10-15-6-7-16-13)11-12-4-3-5-14-9-12/h6-7,10,12,14H,2-5,8-9,11H2,1H3. The van der Waals surface area contributed by atoms with Gasteiger partial charge in [-0.25, -0.2) is 4.98 Å². The lowest BCUT2D eigenvalue weighted by molar-refractivity contribution is 0.376. The Kier molecular flexibility index (Phi) is 4.74. The quantitative estimate of drug-likeness (QED) is 0.842. The molecule has 1 unspecified atom stereocenters. The highest BCUT2D eigenvalue weighted by molar-refractivity contribution is 5.34. The first kappa shape index (κ1) is 12.3. The molecule has 2 heterocycles. The summed E-state index contributed by atoms with van der Waals surface area (Å²) >= 11 is 0. The van der Waals surface area contributed by atoms with Gasteiger partial charge in [0.05, 0.1) is 6.20 Å². The van der Waals surface area contributed by atoms with Crippen LogP contribution in [-0.4, -0.2) is 36.1 Å². The number of hydrogen-bond acceptors (Lipinski definition) is 4. The first-order valence-electron chi connectivity index (χ1n) is 6.62. The number of rotatable bonds is 5.